The Morgan fingerprint density at radius 3 is 2.59 bits per heavy atom. The number of nitrogens with zero attached hydrogens (tertiary/aromatic N) is 3. The molecule has 1 heterocycles. The SMILES string of the molecule is CCOC(=O)Cc1nn(CC)c(C)[n+]1C(C)C. The highest BCUT2D eigenvalue weighted by atomic mass is 16.5. The summed E-state index contributed by atoms with van der Waals surface area (Å²) >= 11 is 0. The second-order valence-electron chi connectivity index (χ2n) is 4.22. The number of aromatic nitrogens is 3. The fourth-order valence-corrected chi connectivity index (χ4v) is 2.00. The summed E-state index contributed by atoms with van der Waals surface area (Å²) in [4.78, 5) is 11.5. The van der Waals surface area contributed by atoms with E-state index >= 15 is 0 Å². The van der Waals surface area contributed by atoms with Crippen molar-refractivity contribution in [2.75, 3.05) is 6.61 Å². The molecule has 0 fully saturated rings. The average Bonchev–Trinajstić information content (AvgIpc) is 2.55. The second kappa shape index (κ2) is 5.80. The molecule has 0 amide bonds. The van der Waals surface area contributed by atoms with Crippen LogP contribution in [0.3, 0.4) is 0 Å². The van der Waals surface area contributed by atoms with Crippen LogP contribution in [0.4, 0.5) is 0 Å². The summed E-state index contributed by atoms with van der Waals surface area (Å²) in [6.45, 7) is 11.3. The van der Waals surface area contributed by atoms with Gasteiger partial charge in [-0.25, -0.2) is 4.57 Å². The Hall–Kier alpha value is -1.39. The highest BCUT2D eigenvalue weighted by Gasteiger charge is 2.25. The van der Waals surface area contributed by atoms with E-state index in [-0.39, 0.29) is 12.4 Å². The molecule has 5 heteroatoms. The first kappa shape index (κ1) is 13.7. The van der Waals surface area contributed by atoms with Crippen molar-refractivity contribution < 1.29 is 14.1 Å². The van der Waals surface area contributed by atoms with Gasteiger partial charge in [-0.05, 0) is 27.7 Å². The van der Waals surface area contributed by atoms with Gasteiger partial charge in [-0.1, -0.05) is 0 Å². The summed E-state index contributed by atoms with van der Waals surface area (Å²) in [5.74, 6) is 1.63. The fourth-order valence-electron chi connectivity index (χ4n) is 2.00. The second-order valence-corrected chi connectivity index (χ2v) is 4.22. The van der Waals surface area contributed by atoms with Crippen molar-refractivity contribution in [3.05, 3.63) is 11.6 Å². The normalized spacial score (nSPS) is 10.9. The molecule has 0 unspecified atom stereocenters. The van der Waals surface area contributed by atoms with Crippen LogP contribution in [0.15, 0.2) is 0 Å². The molecule has 96 valence electrons. The molecule has 5 nitrogen and oxygen atoms in total. The van der Waals surface area contributed by atoms with E-state index in [0.29, 0.717) is 12.6 Å². The first-order chi connectivity index (χ1) is 8.01. The van der Waals surface area contributed by atoms with Crippen LogP contribution in [0.2, 0.25) is 0 Å². The third-order valence-electron chi connectivity index (χ3n) is 2.66. The molecule has 17 heavy (non-hydrogen) atoms. The molecule has 0 saturated heterocycles. The number of hydrogen-bond donors (Lipinski definition) is 0. The Labute approximate surface area is 102 Å². The van der Waals surface area contributed by atoms with Crippen molar-refractivity contribution in [2.45, 2.75) is 53.6 Å². The molecule has 0 N–H and O–H groups in total. The predicted molar refractivity (Wildman–Crippen MR) is 63.6 cm³/mol. The number of hydrogen-bond acceptors (Lipinski definition) is 3. The van der Waals surface area contributed by atoms with Crippen LogP contribution in [-0.4, -0.2) is 22.4 Å². The molecule has 0 bridgehead atoms. The van der Waals surface area contributed by atoms with E-state index in [1.54, 1.807) is 0 Å². The number of carbonyl (C=O) groups is 1. The van der Waals surface area contributed by atoms with Crippen molar-refractivity contribution >= 4 is 5.97 Å². The van der Waals surface area contributed by atoms with Gasteiger partial charge in [-0.3, -0.25) is 4.79 Å². The highest BCUT2D eigenvalue weighted by molar-refractivity contribution is 5.71. The van der Waals surface area contributed by atoms with Crippen LogP contribution in [-0.2, 0) is 22.5 Å². The molecule has 0 aliphatic heterocycles. The van der Waals surface area contributed by atoms with E-state index in [9.17, 15) is 4.79 Å². The van der Waals surface area contributed by atoms with Gasteiger partial charge in [0.05, 0.1) is 12.6 Å². The van der Waals surface area contributed by atoms with Crippen LogP contribution in [0, 0.1) is 6.92 Å². The minimum absolute atomic E-state index is 0.220. The lowest BCUT2D eigenvalue weighted by atomic mass is 10.3. The van der Waals surface area contributed by atoms with Crippen molar-refractivity contribution in [3.8, 4) is 0 Å². The molecule has 0 atom stereocenters. The minimum atomic E-state index is -0.220. The maximum atomic E-state index is 11.5. The summed E-state index contributed by atoms with van der Waals surface area (Å²) < 4.78 is 8.96. The van der Waals surface area contributed by atoms with Gasteiger partial charge in [0, 0.05) is 12.0 Å². The van der Waals surface area contributed by atoms with Crippen LogP contribution < -0.4 is 4.57 Å². The average molecular weight is 240 g/mol. The zero-order chi connectivity index (χ0) is 13.0. The van der Waals surface area contributed by atoms with Gasteiger partial charge in [0.2, 0.25) is 5.82 Å². The Bertz CT molecular complexity index is 397. The summed E-state index contributed by atoms with van der Waals surface area (Å²) in [5.41, 5.74) is 0. The lowest BCUT2D eigenvalue weighted by molar-refractivity contribution is -0.728. The number of rotatable bonds is 5. The Morgan fingerprint density at radius 1 is 1.47 bits per heavy atom. The molecule has 0 radical (unpaired) electrons. The minimum Gasteiger partial charge on any atom is -0.466 e. The number of ether oxygens (including phenoxy) is 1. The van der Waals surface area contributed by atoms with Gasteiger partial charge >= 0.3 is 5.97 Å². The van der Waals surface area contributed by atoms with Gasteiger partial charge in [-0.15, -0.1) is 4.68 Å². The van der Waals surface area contributed by atoms with Gasteiger partial charge in [-0.2, -0.15) is 0 Å². The molecule has 0 spiro atoms. The molecule has 0 aliphatic carbocycles. The van der Waals surface area contributed by atoms with Crippen LogP contribution in [0.25, 0.3) is 0 Å². The molecule has 0 aliphatic rings. The zero-order valence-corrected chi connectivity index (χ0v) is 11.4. The first-order valence-corrected chi connectivity index (χ1v) is 6.14. The van der Waals surface area contributed by atoms with Gasteiger partial charge in [0.1, 0.15) is 13.0 Å². The molecule has 0 saturated carbocycles. The van der Waals surface area contributed by atoms with E-state index in [2.05, 4.69) is 23.5 Å². The summed E-state index contributed by atoms with van der Waals surface area (Å²) in [7, 11) is 0. The Morgan fingerprint density at radius 2 is 2.12 bits per heavy atom. The maximum Gasteiger partial charge on any atom is 0.316 e. The molecule has 1 rings (SSSR count). The Balaban J connectivity index is 3.01. The van der Waals surface area contributed by atoms with Gasteiger partial charge in [0.15, 0.2) is 0 Å². The third kappa shape index (κ3) is 3.05. The van der Waals surface area contributed by atoms with Crippen molar-refractivity contribution in [1.82, 2.24) is 9.78 Å². The monoisotopic (exact) mass is 240 g/mol. The lowest BCUT2D eigenvalue weighted by Gasteiger charge is -2.05. The molecule has 1 aromatic heterocycles. The van der Waals surface area contributed by atoms with E-state index in [1.807, 2.05) is 25.5 Å². The largest absolute Gasteiger partial charge is 0.466 e. The Kier molecular flexibility index (Phi) is 4.66. The smallest absolute Gasteiger partial charge is 0.316 e. The van der Waals surface area contributed by atoms with Gasteiger partial charge in [0.25, 0.3) is 5.82 Å². The fraction of sp³-hybridized carbons (Fsp3) is 0.750. The first-order valence-electron chi connectivity index (χ1n) is 6.14. The lowest BCUT2D eigenvalue weighted by Crippen LogP contribution is -2.42. The van der Waals surface area contributed by atoms with E-state index in [4.69, 9.17) is 4.74 Å². The van der Waals surface area contributed by atoms with E-state index in [0.717, 1.165) is 18.2 Å². The van der Waals surface area contributed by atoms with Crippen molar-refractivity contribution in [1.29, 1.82) is 0 Å². The number of esters is 1. The summed E-state index contributed by atoms with van der Waals surface area (Å²) in [6, 6.07) is 0.291. The summed E-state index contributed by atoms with van der Waals surface area (Å²) in [5, 5.41) is 4.45. The molecular weight excluding hydrogens is 218 g/mol. The van der Waals surface area contributed by atoms with E-state index in [1.165, 1.54) is 0 Å². The molecular formula is C12H22N3O2+. The third-order valence-corrected chi connectivity index (χ3v) is 2.66. The molecule has 0 aromatic carbocycles. The van der Waals surface area contributed by atoms with Crippen molar-refractivity contribution in [3.63, 3.8) is 0 Å². The standard InChI is InChI=1S/C12H22N3O2/c1-6-14-10(5)15(9(3)4)11(13-14)8-12(16)17-7-2/h9H,6-8H2,1-5H3/q+1. The highest BCUT2D eigenvalue weighted by Crippen LogP contribution is 2.03. The molecule has 1 aromatic rings. The van der Waals surface area contributed by atoms with E-state index < -0.39 is 0 Å². The van der Waals surface area contributed by atoms with Crippen LogP contribution in [0.1, 0.15) is 45.4 Å². The number of carbonyl (C=O) groups excluding carboxylic acids is 1. The van der Waals surface area contributed by atoms with Crippen molar-refractivity contribution in [2.24, 2.45) is 0 Å². The quantitative estimate of drug-likeness (QED) is 0.573. The van der Waals surface area contributed by atoms with Gasteiger partial charge < -0.3 is 4.74 Å². The predicted octanol–water partition coefficient (Wildman–Crippen LogP) is 1.19. The zero-order valence-electron chi connectivity index (χ0n) is 11.4. The summed E-state index contributed by atoms with van der Waals surface area (Å²) in [6.07, 6.45) is 0.236. The van der Waals surface area contributed by atoms with Crippen LogP contribution >= 0.6 is 0 Å². The maximum absolute atomic E-state index is 11.5. The number of aryl methyl sites for hydroxylation is 1. The topological polar surface area (TPSA) is 48.0 Å². The van der Waals surface area contributed by atoms with Crippen LogP contribution in [0.5, 0.6) is 0 Å².